The lowest BCUT2D eigenvalue weighted by Gasteiger charge is -2.39. The second-order valence-corrected chi connectivity index (χ2v) is 10.6. The van der Waals surface area contributed by atoms with Gasteiger partial charge in [0, 0.05) is 19.3 Å². The third-order valence-corrected chi connectivity index (χ3v) is 7.37. The number of aromatic nitrogens is 3. The molecule has 3 heterocycles. The molecule has 5 rings (SSSR count). The first-order chi connectivity index (χ1) is 19.2. The number of hydrogen-bond donors (Lipinski definition) is 3. The van der Waals surface area contributed by atoms with E-state index in [1.165, 1.54) is 23.4 Å². The average molecular weight is 575 g/mol. The molecule has 0 atom stereocenters. The Balaban J connectivity index is 1.42. The standard InChI is InChI=1S/C27H23ClN8O3S/c28-20-7-5-9-22-24(20)27(37)36(21-8-1-2-10-23(21)40(30,38)39)17-35(22)15-14-32-26-19(25(29)33-16-34-26)12-11-18-6-3-4-13-31-18/h1-10,13,16H,14-15,17H2,(H2,30,38,39)(H3,29,32,33,34). The monoisotopic (exact) mass is 574 g/mol. The molecule has 2 aromatic carbocycles. The number of rotatable bonds is 6. The number of benzene rings is 2. The van der Waals surface area contributed by atoms with Crippen molar-refractivity contribution < 1.29 is 13.2 Å². The molecule has 5 N–H and O–H groups in total. The highest BCUT2D eigenvalue weighted by Crippen LogP contribution is 2.36. The summed E-state index contributed by atoms with van der Waals surface area (Å²) in [4.78, 5) is 29.2. The molecule has 13 heteroatoms. The molecule has 0 spiro atoms. The topological polar surface area (TPSA) is 160 Å². The Kier molecular flexibility index (Phi) is 7.52. The zero-order chi connectivity index (χ0) is 28.3. The number of carbonyl (C=O) groups is 1. The second-order valence-electron chi connectivity index (χ2n) is 8.66. The van der Waals surface area contributed by atoms with Crippen LogP contribution in [-0.2, 0) is 10.0 Å². The van der Waals surface area contributed by atoms with Crippen LogP contribution in [-0.4, -0.2) is 49.0 Å². The number of primary sulfonamides is 1. The highest BCUT2D eigenvalue weighted by molar-refractivity contribution is 7.89. The quantitative estimate of drug-likeness (QED) is 0.294. The third kappa shape index (κ3) is 5.52. The smallest absolute Gasteiger partial charge is 0.263 e. The molecule has 0 unspecified atom stereocenters. The fraction of sp³-hybridized carbons (Fsp3) is 0.111. The van der Waals surface area contributed by atoms with Crippen molar-refractivity contribution in [3.8, 4) is 11.8 Å². The Morgan fingerprint density at radius 2 is 1.75 bits per heavy atom. The summed E-state index contributed by atoms with van der Waals surface area (Å²) < 4.78 is 24.6. The Labute approximate surface area is 235 Å². The van der Waals surface area contributed by atoms with Gasteiger partial charge in [-0.05, 0) is 42.3 Å². The summed E-state index contributed by atoms with van der Waals surface area (Å²) in [6.07, 6.45) is 2.98. The van der Waals surface area contributed by atoms with Crippen LogP contribution < -0.4 is 26.0 Å². The van der Waals surface area contributed by atoms with E-state index in [2.05, 4.69) is 32.1 Å². The van der Waals surface area contributed by atoms with Gasteiger partial charge in [-0.1, -0.05) is 41.8 Å². The molecule has 1 amide bonds. The molecule has 11 nitrogen and oxygen atoms in total. The zero-order valence-electron chi connectivity index (χ0n) is 21.0. The lowest BCUT2D eigenvalue weighted by molar-refractivity contribution is 0.0982. The number of carbonyl (C=O) groups excluding carboxylic acids is 1. The fourth-order valence-corrected chi connectivity index (χ4v) is 5.25. The zero-order valence-corrected chi connectivity index (χ0v) is 22.5. The van der Waals surface area contributed by atoms with E-state index < -0.39 is 15.9 Å². The molecule has 0 saturated heterocycles. The van der Waals surface area contributed by atoms with E-state index in [0.29, 0.717) is 35.9 Å². The number of pyridine rings is 1. The first-order valence-electron chi connectivity index (χ1n) is 12.0. The highest BCUT2D eigenvalue weighted by Gasteiger charge is 2.34. The SMILES string of the molecule is Nc1ncnc(NCCN2CN(c3ccccc3S(N)(=O)=O)C(=O)c3c(Cl)cccc32)c1C#Cc1ccccn1. The summed E-state index contributed by atoms with van der Waals surface area (Å²) in [5.74, 6) is 6.16. The van der Waals surface area contributed by atoms with Gasteiger partial charge in [0.05, 0.1) is 28.6 Å². The van der Waals surface area contributed by atoms with Crippen LogP contribution in [0.15, 0.2) is 78.1 Å². The number of amides is 1. The maximum absolute atomic E-state index is 13.5. The predicted molar refractivity (Wildman–Crippen MR) is 153 cm³/mol. The van der Waals surface area contributed by atoms with E-state index in [4.69, 9.17) is 22.5 Å². The molecule has 4 aromatic rings. The van der Waals surface area contributed by atoms with Gasteiger partial charge in [0.15, 0.2) is 0 Å². The van der Waals surface area contributed by atoms with Gasteiger partial charge in [-0.25, -0.2) is 28.5 Å². The number of para-hydroxylation sites is 1. The third-order valence-electron chi connectivity index (χ3n) is 6.10. The van der Waals surface area contributed by atoms with Crippen molar-refractivity contribution in [2.45, 2.75) is 4.90 Å². The van der Waals surface area contributed by atoms with Crippen molar-refractivity contribution in [3.05, 3.63) is 95.0 Å². The second kappa shape index (κ2) is 11.2. The Morgan fingerprint density at radius 3 is 2.52 bits per heavy atom. The van der Waals surface area contributed by atoms with Crippen LogP contribution in [0.3, 0.4) is 0 Å². The van der Waals surface area contributed by atoms with Gasteiger partial charge in [0.1, 0.15) is 34.1 Å². The predicted octanol–water partition coefficient (Wildman–Crippen LogP) is 2.69. The number of nitrogens with zero attached hydrogens (tertiary/aromatic N) is 5. The van der Waals surface area contributed by atoms with Gasteiger partial charge in [0.25, 0.3) is 5.91 Å². The van der Waals surface area contributed by atoms with Gasteiger partial charge < -0.3 is 16.0 Å². The van der Waals surface area contributed by atoms with Gasteiger partial charge in [-0.2, -0.15) is 0 Å². The van der Waals surface area contributed by atoms with E-state index in [-0.39, 0.29) is 33.7 Å². The number of hydrogen-bond acceptors (Lipinski definition) is 9. The van der Waals surface area contributed by atoms with Crippen molar-refractivity contribution in [2.24, 2.45) is 5.14 Å². The van der Waals surface area contributed by atoms with Crippen LogP contribution in [0.25, 0.3) is 0 Å². The lowest BCUT2D eigenvalue weighted by atomic mass is 10.1. The minimum atomic E-state index is -4.10. The Morgan fingerprint density at radius 1 is 0.975 bits per heavy atom. The molecule has 0 fully saturated rings. The summed E-state index contributed by atoms with van der Waals surface area (Å²) in [7, 11) is -4.10. The molecule has 40 heavy (non-hydrogen) atoms. The number of sulfonamides is 1. The molecule has 0 radical (unpaired) electrons. The van der Waals surface area contributed by atoms with E-state index >= 15 is 0 Å². The molecule has 0 aliphatic carbocycles. The number of halogens is 1. The number of fused-ring (bicyclic) bond motifs is 1. The van der Waals surface area contributed by atoms with Crippen molar-refractivity contribution in [2.75, 3.05) is 40.6 Å². The molecule has 0 saturated carbocycles. The first-order valence-corrected chi connectivity index (χ1v) is 13.9. The summed E-state index contributed by atoms with van der Waals surface area (Å²) in [6.45, 7) is 0.795. The highest BCUT2D eigenvalue weighted by atomic mass is 35.5. The molecular weight excluding hydrogens is 552 g/mol. The minimum Gasteiger partial charge on any atom is -0.382 e. The average Bonchev–Trinajstić information content (AvgIpc) is 2.94. The summed E-state index contributed by atoms with van der Waals surface area (Å²) in [5, 5.41) is 8.93. The molecular formula is C27H23ClN8O3S. The summed E-state index contributed by atoms with van der Waals surface area (Å²) in [5.41, 5.74) is 8.11. The van der Waals surface area contributed by atoms with E-state index in [9.17, 15) is 13.2 Å². The van der Waals surface area contributed by atoms with Crippen molar-refractivity contribution in [1.82, 2.24) is 15.0 Å². The van der Waals surface area contributed by atoms with Gasteiger partial charge in [-0.15, -0.1) is 0 Å². The summed E-state index contributed by atoms with van der Waals surface area (Å²) in [6, 6.07) is 16.6. The molecule has 2 aromatic heterocycles. The Bertz CT molecular complexity index is 1760. The normalized spacial score (nSPS) is 12.9. The number of nitrogen functional groups attached to an aromatic ring is 1. The van der Waals surface area contributed by atoms with Crippen LogP contribution >= 0.6 is 11.6 Å². The molecule has 202 valence electrons. The van der Waals surface area contributed by atoms with Gasteiger partial charge >= 0.3 is 0 Å². The largest absolute Gasteiger partial charge is 0.382 e. The molecule has 1 aliphatic rings. The maximum atomic E-state index is 13.5. The number of nitrogens with two attached hydrogens (primary N) is 2. The van der Waals surface area contributed by atoms with Crippen molar-refractivity contribution >= 4 is 50.5 Å². The minimum absolute atomic E-state index is 0.0542. The van der Waals surface area contributed by atoms with Crippen LogP contribution in [0.2, 0.25) is 5.02 Å². The van der Waals surface area contributed by atoms with Crippen LogP contribution in [0.4, 0.5) is 23.0 Å². The van der Waals surface area contributed by atoms with E-state index in [1.54, 1.807) is 48.7 Å². The van der Waals surface area contributed by atoms with Crippen LogP contribution in [0.1, 0.15) is 21.6 Å². The van der Waals surface area contributed by atoms with Crippen molar-refractivity contribution in [1.29, 1.82) is 0 Å². The number of anilines is 4. The molecule has 0 bridgehead atoms. The summed E-state index contributed by atoms with van der Waals surface area (Å²) >= 11 is 6.45. The van der Waals surface area contributed by atoms with Crippen LogP contribution in [0, 0.1) is 11.8 Å². The van der Waals surface area contributed by atoms with Gasteiger partial charge in [0.2, 0.25) is 10.0 Å². The lowest BCUT2D eigenvalue weighted by Crippen LogP contribution is -2.49. The van der Waals surface area contributed by atoms with Crippen molar-refractivity contribution in [3.63, 3.8) is 0 Å². The first kappa shape index (κ1) is 26.9. The van der Waals surface area contributed by atoms with Gasteiger partial charge in [-0.3, -0.25) is 9.69 Å². The Hall–Kier alpha value is -4.70. The fourth-order valence-electron chi connectivity index (χ4n) is 4.26. The van der Waals surface area contributed by atoms with E-state index in [0.717, 1.165) is 0 Å². The maximum Gasteiger partial charge on any atom is 0.263 e. The van der Waals surface area contributed by atoms with E-state index in [1.807, 2.05) is 11.0 Å². The number of nitrogens with one attached hydrogen (secondary N) is 1. The van der Waals surface area contributed by atoms with Crippen LogP contribution in [0.5, 0.6) is 0 Å². The molecule has 1 aliphatic heterocycles.